The highest BCUT2D eigenvalue weighted by Gasteiger charge is 2.25. The minimum absolute atomic E-state index is 0.0565. The first-order valence-corrected chi connectivity index (χ1v) is 11.0. The van der Waals surface area contributed by atoms with Gasteiger partial charge in [-0.3, -0.25) is 14.4 Å². The molecule has 2 rings (SSSR count). The molecule has 2 amide bonds. The first kappa shape index (κ1) is 22.8. The molecular weight excluding hydrogens is 398 g/mol. The van der Waals surface area contributed by atoms with Gasteiger partial charge in [-0.2, -0.15) is 4.31 Å². The van der Waals surface area contributed by atoms with Crippen LogP contribution in [0.5, 0.6) is 0 Å². The summed E-state index contributed by atoms with van der Waals surface area (Å²) in [6.07, 6.45) is 3.23. The third-order valence-corrected chi connectivity index (χ3v) is 6.50. The zero-order chi connectivity index (χ0) is 21.3. The molecule has 2 N–H and O–H groups in total. The van der Waals surface area contributed by atoms with Crippen LogP contribution in [0.3, 0.4) is 0 Å². The average Bonchev–Trinajstić information content (AvgIpc) is 2.75. The molecule has 29 heavy (non-hydrogen) atoms. The smallest absolute Gasteiger partial charge is 0.306 e. The predicted molar refractivity (Wildman–Crippen MR) is 105 cm³/mol. The quantitative estimate of drug-likeness (QED) is 0.545. The molecule has 10 heteroatoms. The van der Waals surface area contributed by atoms with Crippen LogP contribution in [0.2, 0.25) is 0 Å². The zero-order valence-electron chi connectivity index (χ0n) is 16.5. The van der Waals surface area contributed by atoms with Crippen LogP contribution in [0.15, 0.2) is 29.2 Å². The minimum atomic E-state index is -3.47. The molecule has 1 aromatic rings. The normalized spacial score (nSPS) is 14.8. The van der Waals surface area contributed by atoms with Gasteiger partial charge in [0.1, 0.15) is 0 Å². The van der Waals surface area contributed by atoms with E-state index in [9.17, 15) is 22.8 Å². The van der Waals surface area contributed by atoms with E-state index in [-0.39, 0.29) is 23.8 Å². The van der Waals surface area contributed by atoms with Gasteiger partial charge in [-0.15, -0.1) is 0 Å². The third kappa shape index (κ3) is 7.13. The van der Waals surface area contributed by atoms with Crippen molar-refractivity contribution in [1.29, 1.82) is 0 Å². The number of benzene rings is 1. The molecule has 0 unspecified atom stereocenters. The Morgan fingerprint density at radius 1 is 1.03 bits per heavy atom. The molecule has 0 saturated carbocycles. The number of sulfonamides is 1. The summed E-state index contributed by atoms with van der Waals surface area (Å²) < 4.78 is 31.6. The summed E-state index contributed by atoms with van der Waals surface area (Å²) in [7, 11) is -2.02. The summed E-state index contributed by atoms with van der Waals surface area (Å²) >= 11 is 0. The first-order valence-electron chi connectivity index (χ1n) is 9.55. The number of carbonyl (C=O) groups is 3. The molecule has 1 saturated heterocycles. The van der Waals surface area contributed by atoms with E-state index in [1.54, 1.807) is 24.3 Å². The fourth-order valence-corrected chi connectivity index (χ4v) is 4.38. The van der Waals surface area contributed by atoms with Crippen molar-refractivity contribution in [2.45, 2.75) is 37.0 Å². The summed E-state index contributed by atoms with van der Waals surface area (Å²) in [5, 5.41) is 4.67. The number of hydrogen-bond donors (Lipinski definition) is 2. The molecule has 9 nitrogen and oxygen atoms in total. The number of piperidine rings is 1. The number of hydrogen-bond acceptors (Lipinski definition) is 6. The van der Waals surface area contributed by atoms with Crippen molar-refractivity contribution >= 4 is 27.8 Å². The Bertz CT molecular complexity index is 817. The van der Waals surface area contributed by atoms with Crippen molar-refractivity contribution in [1.82, 2.24) is 14.9 Å². The lowest BCUT2D eigenvalue weighted by Gasteiger charge is -2.25. The lowest BCUT2D eigenvalue weighted by molar-refractivity contribution is -0.148. The number of nitrogens with zero attached hydrogens (tertiary/aromatic N) is 1. The molecule has 1 fully saturated rings. The Morgan fingerprint density at radius 3 is 2.31 bits per heavy atom. The van der Waals surface area contributed by atoms with Crippen molar-refractivity contribution < 1.29 is 27.5 Å². The molecule has 160 valence electrons. The minimum Gasteiger partial charge on any atom is -0.456 e. The summed E-state index contributed by atoms with van der Waals surface area (Å²) in [6, 6.07) is 6.47. The second kappa shape index (κ2) is 10.9. The van der Waals surface area contributed by atoms with Gasteiger partial charge in [0.15, 0.2) is 6.61 Å². The topological polar surface area (TPSA) is 122 Å². The summed E-state index contributed by atoms with van der Waals surface area (Å²) in [5.74, 6) is -1.46. The number of esters is 1. The average molecular weight is 426 g/mol. The fourth-order valence-electron chi connectivity index (χ4n) is 2.87. The molecule has 0 atom stereocenters. The number of carbonyl (C=O) groups excluding carboxylic acids is 3. The van der Waals surface area contributed by atoms with E-state index in [0.717, 1.165) is 24.8 Å². The molecule has 0 aliphatic carbocycles. The zero-order valence-corrected chi connectivity index (χ0v) is 17.3. The molecule has 1 aliphatic heterocycles. The second-order valence-electron chi connectivity index (χ2n) is 6.72. The highest BCUT2D eigenvalue weighted by atomic mass is 32.2. The van der Waals surface area contributed by atoms with E-state index in [1.165, 1.54) is 11.4 Å². The monoisotopic (exact) mass is 425 g/mol. The van der Waals surface area contributed by atoms with Gasteiger partial charge in [-0.1, -0.05) is 18.6 Å². The van der Waals surface area contributed by atoms with E-state index < -0.39 is 28.5 Å². The summed E-state index contributed by atoms with van der Waals surface area (Å²) in [6.45, 7) is 0.460. The van der Waals surface area contributed by atoms with Crippen molar-refractivity contribution in [2.24, 2.45) is 0 Å². The van der Waals surface area contributed by atoms with Crippen molar-refractivity contribution in [3.63, 3.8) is 0 Å². The van der Waals surface area contributed by atoms with Crippen LogP contribution in [-0.4, -0.2) is 63.8 Å². The second-order valence-corrected chi connectivity index (χ2v) is 8.66. The Labute approximate surface area is 170 Å². The SMILES string of the molecule is CNC(=O)CNC(=O)COC(=O)CCc1ccc(S(=O)(=O)N2CCCCC2)cc1. The van der Waals surface area contributed by atoms with Gasteiger partial charge in [0, 0.05) is 26.6 Å². The van der Waals surface area contributed by atoms with E-state index in [2.05, 4.69) is 10.6 Å². The maximum Gasteiger partial charge on any atom is 0.306 e. The van der Waals surface area contributed by atoms with Crippen molar-refractivity contribution in [2.75, 3.05) is 33.3 Å². The van der Waals surface area contributed by atoms with E-state index in [4.69, 9.17) is 4.74 Å². The van der Waals surface area contributed by atoms with Crippen LogP contribution in [0.1, 0.15) is 31.2 Å². The van der Waals surface area contributed by atoms with E-state index in [0.29, 0.717) is 19.5 Å². The number of rotatable bonds is 9. The molecule has 0 radical (unpaired) electrons. The van der Waals surface area contributed by atoms with Gasteiger partial charge in [-0.05, 0) is 37.0 Å². The maximum absolute atomic E-state index is 12.6. The van der Waals surface area contributed by atoms with Gasteiger partial charge in [0.25, 0.3) is 5.91 Å². The molecule has 1 aliphatic rings. The van der Waals surface area contributed by atoms with Crippen LogP contribution in [-0.2, 0) is 35.6 Å². The summed E-state index contributed by atoms with van der Waals surface area (Å²) in [4.78, 5) is 34.5. The molecule has 1 aromatic carbocycles. The standard InChI is InChI=1S/C19H27N3O6S/c1-20-17(23)13-21-18(24)14-28-19(25)10-7-15-5-8-16(9-6-15)29(26,27)22-11-3-2-4-12-22/h5-6,8-9H,2-4,7,10-14H2,1H3,(H,20,23)(H,21,24). The number of amides is 2. The van der Waals surface area contributed by atoms with Gasteiger partial charge < -0.3 is 15.4 Å². The van der Waals surface area contributed by atoms with E-state index >= 15 is 0 Å². The van der Waals surface area contributed by atoms with E-state index in [1.807, 2.05) is 0 Å². The molecular formula is C19H27N3O6S. The number of aryl methyl sites for hydroxylation is 1. The Morgan fingerprint density at radius 2 is 1.69 bits per heavy atom. The number of nitrogens with one attached hydrogen (secondary N) is 2. The van der Waals surface area contributed by atoms with Crippen molar-refractivity contribution in [3.05, 3.63) is 29.8 Å². The van der Waals surface area contributed by atoms with Gasteiger partial charge in [0.05, 0.1) is 11.4 Å². The molecule has 0 bridgehead atoms. The Kier molecular flexibility index (Phi) is 8.59. The van der Waals surface area contributed by atoms with Gasteiger partial charge in [-0.25, -0.2) is 8.42 Å². The van der Waals surface area contributed by atoms with Gasteiger partial charge in [0.2, 0.25) is 15.9 Å². The van der Waals surface area contributed by atoms with Crippen LogP contribution in [0.4, 0.5) is 0 Å². The number of ether oxygens (including phenoxy) is 1. The highest BCUT2D eigenvalue weighted by molar-refractivity contribution is 7.89. The largest absolute Gasteiger partial charge is 0.456 e. The molecule has 0 spiro atoms. The summed E-state index contributed by atoms with van der Waals surface area (Å²) in [5.41, 5.74) is 0.795. The molecule has 0 aromatic heterocycles. The van der Waals surface area contributed by atoms with Crippen LogP contribution in [0, 0.1) is 0 Å². The van der Waals surface area contributed by atoms with Gasteiger partial charge >= 0.3 is 5.97 Å². The van der Waals surface area contributed by atoms with Crippen LogP contribution >= 0.6 is 0 Å². The third-order valence-electron chi connectivity index (χ3n) is 4.58. The van der Waals surface area contributed by atoms with Crippen LogP contribution in [0.25, 0.3) is 0 Å². The lowest BCUT2D eigenvalue weighted by atomic mass is 10.1. The Hall–Kier alpha value is -2.46. The molecule has 1 heterocycles. The fraction of sp³-hybridized carbons (Fsp3) is 0.526. The first-order chi connectivity index (χ1) is 13.8. The Balaban J connectivity index is 1.77. The maximum atomic E-state index is 12.6. The van der Waals surface area contributed by atoms with Crippen LogP contribution < -0.4 is 10.6 Å². The number of likely N-dealkylation sites (N-methyl/N-ethyl adjacent to an activating group) is 1. The van der Waals surface area contributed by atoms with Crippen molar-refractivity contribution in [3.8, 4) is 0 Å². The highest BCUT2D eigenvalue weighted by Crippen LogP contribution is 2.21. The lowest BCUT2D eigenvalue weighted by Crippen LogP contribution is -2.37. The predicted octanol–water partition coefficient (Wildman–Crippen LogP) is 0.199.